The maximum Gasteiger partial charge on any atom is 0.509 e. The van der Waals surface area contributed by atoms with Gasteiger partial charge in [-0.25, -0.2) is 14.4 Å². The molecule has 0 saturated carbocycles. The number of likely N-dealkylation sites (tertiary alicyclic amines) is 1. The summed E-state index contributed by atoms with van der Waals surface area (Å²) in [5.74, 6) is 0.125. The molecule has 0 N–H and O–H groups in total. The molecule has 10 heteroatoms. The first-order chi connectivity index (χ1) is 16.8. The smallest absolute Gasteiger partial charge is 0.497 e. The molecule has 2 heterocycles. The van der Waals surface area contributed by atoms with E-state index >= 15 is 0 Å². The number of nitrogens with zero attached hydrogens (tertiary/aromatic N) is 1. The maximum atomic E-state index is 13.2. The molecular formula is C26H37NO9. The molecule has 2 fully saturated rings. The van der Waals surface area contributed by atoms with Crippen LogP contribution in [-0.2, 0) is 34.9 Å². The average Bonchev–Trinajstić information content (AvgIpc) is 3.01. The lowest BCUT2D eigenvalue weighted by Gasteiger charge is -2.32. The summed E-state index contributed by atoms with van der Waals surface area (Å²) >= 11 is 0. The second-order valence-corrected chi connectivity index (χ2v) is 10.9. The number of amides is 1. The minimum atomic E-state index is -0.959. The maximum absolute atomic E-state index is 13.2. The second-order valence-electron chi connectivity index (χ2n) is 10.9. The standard InChI is InChI=1S/C26H37NO9/c1-25(2,3)35-23(29)27-15-20(33-24(30)36-26(4,5)6)21(34-22(28)19-12-13-32-19)18(27)14-16-8-10-17(31-7)11-9-16/h8-11,18-21H,12-15H2,1-7H3/t18-,19?,20+,21+/m1/s1. The number of hydrogen-bond donors (Lipinski definition) is 0. The van der Waals surface area contributed by atoms with Gasteiger partial charge in [-0.05, 0) is 65.7 Å². The number of hydrogen-bond acceptors (Lipinski definition) is 9. The Morgan fingerprint density at radius 1 is 0.972 bits per heavy atom. The lowest BCUT2D eigenvalue weighted by molar-refractivity contribution is -0.180. The van der Waals surface area contributed by atoms with Crippen molar-refractivity contribution in [2.24, 2.45) is 0 Å². The van der Waals surface area contributed by atoms with E-state index in [1.54, 1.807) is 60.8 Å². The van der Waals surface area contributed by atoms with Gasteiger partial charge in [-0.3, -0.25) is 4.90 Å². The predicted molar refractivity (Wildman–Crippen MR) is 129 cm³/mol. The van der Waals surface area contributed by atoms with Crippen LogP contribution >= 0.6 is 0 Å². The molecule has 0 radical (unpaired) electrons. The molecule has 36 heavy (non-hydrogen) atoms. The van der Waals surface area contributed by atoms with E-state index < -0.39 is 53.8 Å². The summed E-state index contributed by atoms with van der Waals surface area (Å²) in [6.45, 7) is 10.9. The first-order valence-electron chi connectivity index (χ1n) is 12.1. The van der Waals surface area contributed by atoms with Crippen molar-refractivity contribution < 1.29 is 42.8 Å². The summed E-state index contributed by atoms with van der Waals surface area (Å²) < 4.78 is 32.9. The Balaban J connectivity index is 1.91. The van der Waals surface area contributed by atoms with Gasteiger partial charge in [0.25, 0.3) is 0 Å². The number of esters is 1. The van der Waals surface area contributed by atoms with E-state index in [9.17, 15) is 14.4 Å². The number of methoxy groups -OCH3 is 1. The zero-order valence-corrected chi connectivity index (χ0v) is 22.1. The van der Waals surface area contributed by atoms with Gasteiger partial charge in [0.15, 0.2) is 18.3 Å². The van der Waals surface area contributed by atoms with Crippen LogP contribution in [-0.4, -0.2) is 78.9 Å². The number of rotatable bonds is 6. The third-order valence-electron chi connectivity index (χ3n) is 5.61. The fourth-order valence-corrected chi connectivity index (χ4v) is 3.91. The molecule has 1 aromatic rings. The quantitative estimate of drug-likeness (QED) is 0.418. The van der Waals surface area contributed by atoms with Crippen molar-refractivity contribution in [2.45, 2.75) is 89.9 Å². The van der Waals surface area contributed by atoms with Crippen LogP contribution in [0.25, 0.3) is 0 Å². The first-order valence-corrected chi connectivity index (χ1v) is 12.1. The van der Waals surface area contributed by atoms with Gasteiger partial charge in [0.1, 0.15) is 17.0 Å². The highest BCUT2D eigenvalue weighted by molar-refractivity contribution is 5.76. The zero-order valence-electron chi connectivity index (χ0n) is 22.1. The highest BCUT2D eigenvalue weighted by Crippen LogP contribution is 2.31. The number of benzene rings is 1. The van der Waals surface area contributed by atoms with Gasteiger partial charge >= 0.3 is 18.2 Å². The van der Waals surface area contributed by atoms with Crippen LogP contribution < -0.4 is 4.74 Å². The van der Waals surface area contributed by atoms with Crippen LogP contribution in [0.5, 0.6) is 5.75 Å². The zero-order chi connectivity index (χ0) is 26.7. The largest absolute Gasteiger partial charge is 0.509 e. The van der Waals surface area contributed by atoms with Crippen LogP contribution in [0, 0.1) is 0 Å². The van der Waals surface area contributed by atoms with Gasteiger partial charge in [-0.2, -0.15) is 0 Å². The first kappa shape index (κ1) is 27.6. The Labute approximate surface area is 212 Å². The van der Waals surface area contributed by atoms with E-state index in [0.29, 0.717) is 25.2 Å². The molecule has 3 rings (SSSR count). The van der Waals surface area contributed by atoms with E-state index in [4.69, 9.17) is 28.4 Å². The highest BCUT2D eigenvalue weighted by atomic mass is 16.7. The van der Waals surface area contributed by atoms with Crippen molar-refractivity contribution in [1.82, 2.24) is 4.90 Å². The minimum absolute atomic E-state index is 0.0293. The van der Waals surface area contributed by atoms with Gasteiger partial charge in [-0.1, -0.05) is 12.1 Å². The summed E-state index contributed by atoms with van der Waals surface area (Å²) in [5.41, 5.74) is -0.666. The molecule has 1 unspecified atom stereocenters. The topological polar surface area (TPSA) is 110 Å². The summed E-state index contributed by atoms with van der Waals surface area (Å²) in [4.78, 5) is 39.9. The van der Waals surface area contributed by atoms with Crippen molar-refractivity contribution in [3.63, 3.8) is 0 Å². The van der Waals surface area contributed by atoms with E-state index in [0.717, 1.165) is 5.56 Å². The SMILES string of the molecule is COc1ccc(C[C@@H]2[C@H](OC(=O)C3CCO3)[C@@H](OC(=O)OC(C)(C)C)CN2C(=O)OC(C)(C)C)cc1. The lowest BCUT2D eigenvalue weighted by Crippen LogP contribution is -2.47. The summed E-state index contributed by atoms with van der Waals surface area (Å²) in [5, 5.41) is 0. The number of carbonyl (C=O) groups excluding carboxylic acids is 3. The molecule has 2 aliphatic heterocycles. The molecule has 0 spiro atoms. The molecule has 1 aromatic carbocycles. The van der Waals surface area contributed by atoms with E-state index in [-0.39, 0.29) is 6.54 Å². The molecule has 2 aliphatic rings. The fourth-order valence-electron chi connectivity index (χ4n) is 3.91. The van der Waals surface area contributed by atoms with Gasteiger partial charge in [0.05, 0.1) is 26.3 Å². The van der Waals surface area contributed by atoms with Crippen LogP contribution in [0.4, 0.5) is 9.59 Å². The molecule has 0 aliphatic carbocycles. The van der Waals surface area contributed by atoms with Crippen LogP contribution in [0.3, 0.4) is 0 Å². The molecule has 0 aromatic heterocycles. The van der Waals surface area contributed by atoms with E-state index in [1.807, 2.05) is 12.1 Å². The van der Waals surface area contributed by atoms with Crippen molar-refractivity contribution in [3.05, 3.63) is 29.8 Å². The normalized spacial score (nSPS) is 23.9. The van der Waals surface area contributed by atoms with Crippen molar-refractivity contribution >= 4 is 18.2 Å². The van der Waals surface area contributed by atoms with E-state index in [2.05, 4.69) is 0 Å². The van der Waals surface area contributed by atoms with Gasteiger partial charge in [0.2, 0.25) is 0 Å². The molecule has 4 atom stereocenters. The Morgan fingerprint density at radius 2 is 1.58 bits per heavy atom. The monoisotopic (exact) mass is 507 g/mol. The molecule has 10 nitrogen and oxygen atoms in total. The van der Waals surface area contributed by atoms with Crippen molar-refractivity contribution in [1.29, 1.82) is 0 Å². The Morgan fingerprint density at radius 3 is 2.08 bits per heavy atom. The number of ether oxygens (including phenoxy) is 6. The van der Waals surface area contributed by atoms with Crippen molar-refractivity contribution in [2.75, 3.05) is 20.3 Å². The Kier molecular flexibility index (Phi) is 8.38. The number of carbonyl (C=O) groups is 3. The van der Waals surface area contributed by atoms with Crippen molar-refractivity contribution in [3.8, 4) is 5.75 Å². The average molecular weight is 508 g/mol. The third-order valence-corrected chi connectivity index (χ3v) is 5.61. The molecule has 2 saturated heterocycles. The summed E-state index contributed by atoms with van der Waals surface area (Å²) in [6.07, 6.45) is -3.24. The van der Waals surface area contributed by atoms with Crippen LogP contribution in [0.15, 0.2) is 24.3 Å². The third kappa shape index (κ3) is 7.49. The van der Waals surface area contributed by atoms with Gasteiger partial charge in [0, 0.05) is 6.42 Å². The fraction of sp³-hybridized carbons (Fsp3) is 0.654. The molecule has 1 amide bonds. The Hall–Kier alpha value is -3.01. The molecule has 0 bridgehead atoms. The summed E-state index contributed by atoms with van der Waals surface area (Å²) in [7, 11) is 1.58. The molecular weight excluding hydrogens is 470 g/mol. The van der Waals surface area contributed by atoms with Crippen LogP contribution in [0.2, 0.25) is 0 Å². The lowest BCUT2D eigenvalue weighted by atomic mass is 10.0. The van der Waals surface area contributed by atoms with E-state index in [1.165, 1.54) is 4.90 Å². The predicted octanol–water partition coefficient (Wildman–Crippen LogP) is 3.88. The second kappa shape index (κ2) is 10.9. The minimum Gasteiger partial charge on any atom is -0.497 e. The molecule has 200 valence electrons. The van der Waals surface area contributed by atoms with Crippen LogP contribution in [0.1, 0.15) is 53.5 Å². The summed E-state index contributed by atoms with van der Waals surface area (Å²) in [6, 6.07) is 6.68. The van der Waals surface area contributed by atoms with Gasteiger partial charge in [-0.15, -0.1) is 0 Å². The van der Waals surface area contributed by atoms with Gasteiger partial charge < -0.3 is 28.4 Å². The highest BCUT2D eigenvalue weighted by Gasteiger charge is 2.51. The Bertz CT molecular complexity index is 928.